The van der Waals surface area contributed by atoms with Crippen LogP contribution in [0.1, 0.15) is 36.5 Å². The highest BCUT2D eigenvalue weighted by atomic mass is 35.5. The van der Waals surface area contributed by atoms with E-state index in [0.717, 1.165) is 0 Å². The predicted octanol–water partition coefficient (Wildman–Crippen LogP) is 2.83. The first-order valence-electron chi connectivity index (χ1n) is 7.27. The van der Waals surface area contributed by atoms with Gasteiger partial charge in [0.2, 0.25) is 5.91 Å². The van der Waals surface area contributed by atoms with E-state index in [1.54, 1.807) is 6.92 Å². The van der Waals surface area contributed by atoms with Crippen molar-refractivity contribution >= 4 is 41.0 Å². The van der Waals surface area contributed by atoms with E-state index in [1.807, 2.05) is 0 Å². The summed E-state index contributed by atoms with van der Waals surface area (Å²) < 4.78 is 4.90. The highest BCUT2D eigenvalue weighted by molar-refractivity contribution is 6.42. The van der Waals surface area contributed by atoms with E-state index in [0.29, 0.717) is 17.9 Å². The fraction of sp³-hybridized carbons (Fsp3) is 0.312. The van der Waals surface area contributed by atoms with Crippen LogP contribution >= 0.6 is 23.2 Å². The van der Waals surface area contributed by atoms with Crippen molar-refractivity contribution in [1.82, 2.24) is 5.32 Å². The van der Waals surface area contributed by atoms with Gasteiger partial charge in [0, 0.05) is 12.0 Å². The van der Waals surface area contributed by atoms with Crippen LogP contribution in [-0.4, -0.2) is 24.4 Å². The van der Waals surface area contributed by atoms with Gasteiger partial charge in [-0.1, -0.05) is 29.3 Å². The second-order valence-electron chi connectivity index (χ2n) is 4.78. The van der Waals surface area contributed by atoms with Crippen LogP contribution in [0, 0.1) is 0 Å². The van der Waals surface area contributed by atoms with Gasteiger partial charge in [-0.05, 0) is 38.0 Å². The Balaban J connectivity index is 2.84. The molecule has 2 amide bonds. The van der Waals surface area contributed by atoms with E-state index >= 15 is 0 Å². The Hall–Kier alpha value is -2.05. The van der Waals surface area contributed by atoms with Gasteiger partial charge in [0.15, 0.2) is 0 Å². The summed E-state index contributed by atoms with van der Waals surface area (Å²) in [6, 6.07) is 4.37. The van der Waals surface area contributed by atoms with E-state index in [4.69, 9.17) is 33.7 Å². The lowest BCUT2D eigenvalue weighted by molar-refractivity contribution is -0.138. The smallest absolute Gasteiger partial charge is 0.354 e. The van der Waals surface area contributed by atoms with Crippen LogP contribution in [0.4, 0.5) is 0 Å². The number of benzene rings is 1. The van der Waals surface area contributed by atoms with Gasteiger partial charge in [-0.2, -0.15) is 0 Å². The van der Waals surface area contributed by atoms with Crippen LogP contribution in [0.25, 0.3) is 0 Å². The molecule has 0 atom stereocenters. The van der Waals surface area contributed by atoms with Crippen LogP contribution in [0.5, 0.6) is 0 Å². The molecule has 130 valence electrons. The van der Waals surface area contributed by atoms with E-state index in [9.17, 15) is 14.4 Å². The summed E-state index contributed by atoms with van der Waals surface area (Å²) in [4.78, 5) is 34.9. The number of rotatable bonds is 8. The average molecular weight is 373 g/mol. The zero-order valence-electron chi connectivity index (χ0n) is 13.1. The van der Waals surface area contributed by atoms with Crippen molar-refractivity contribution in [2.45, 2.75) is 26.2 Å². The van der Waals surface area contributed by atoms with E-state index < -0.39 is 17.8 Å². The van der Waals surface area contributed by atoms with Crippen molar-refractivity contribution in [3.05, 3.63) is 45.6 Å². The molecule has 1 aromatic rings. The van der Waals surface area contributed by atoms with Crippen LogP contribution in [0.2, 0.25) is 10.0 Å². The van der Waals surface area contributed by atoms with Crippen LogP contribution in [0.3, 0.4) is 0 Å². The second kappa shape index (κ2) is 9.95. The number of amides is 2. The van der Waals surface area contributed by atoms with E-state index in [1.165, 1.54) is 24.3 Å². The standard InChI is InChI=1S/C16H18Cl2N2O4/c1-2-24-16(23)13(5-3-4-6-14(19)21)20-15(22)10-7-8-11(17)12(18)9-10/h5,7-9H,2-4,6H2,1H3,(H2,19,21)(H,20,22). The molecular weight excluding hydrogens is 355 g/mol. The monoisotopic (exact) mass is 372 g/mol. The summed E-state index contributed by atoms with van der Waals surface area (Å²) in [5, 5.41) is 3.03. The number of hydrogen-bond acceptors (Lipinski definition) is 4. The first-order valence-corrected chi connectivity index (χ1v) is 8.02. The molecule has 0 bridgehead atoms. The summed E-state index contributed by atoms with van der Waals surface area (Å²) in [7, 11) is 0. The molecular formula is C16H18Cl2N2O4. The Morgan fingerprint density at radius 2 is 1.96 bits per heavy atom. The third-order valence-corrected chi connectivity index (χ3v) is 3.64. The number of unbranched alkanes of at least 4 members (excludes halogenated alkanes) is 1. The third kappa shape index (κ3) is 6.60. The Bertz CT molecular complexity index is 659. The van der Waals surface area contributed by atoms with Crippen molar-refractivity contribution in [2.75, 3.05) is 6.61 Å². The van der Waals surface area contributed by atoms with Crippen molar-refractivity contribution in [2.24, 2.45) is 5.73 Å². The average Bonchev–Trinajstić information content (AvgIpc) is 2.52. The molecule has 0 aromatic heterocycles. The molecule has 6 nitrogen and oxygen atoms in total. The minimum absolute atomic E-state index is 0.00241. The Morgan fingerprint density at radius 1 is 1.25 bits per heavy atom. The number of primary amides is 1. The van der Waals surface area contributed by atoms with Gasteiger partial charge in [0.25, 0.3) is 5.91 Å². The molecule has 0 fully saturated rings. The minimum Gasteiger partial charge on any atom is -0.461 e. The number of halogens is 2. The molecule has 24 heavy (non-hydrogen) atoms. The van der Waals surface area contributed by atoms with Crippen LogP contribution < -0.4 is 11.1 Å². The first-order chi connectivity index (χ1) is 11.3. The molecule has 0 aliphatic rings. The molecule has 0 unspecified atom stereocenters. The van der Waals surface area contributed by atoms with Gasteiger partial charge in [-0.25, -0.2) is 4.79 Å². The van der Waals surface area contributed by atoms with E-state index in [2.05, 4.69) is 5.32 Å². The predicted molar refractivity (Wildman–Crippen MR) is 91.7 cm³/mol. The van der Waals surface area contributed by atoms with Gasteiger partial charge in [-0.3, -0.25) is 9.59 Å². The maximum absolute atomic E-state index is 12.2. The maximum atomic E-state index is 12.2. The molecule has 1 rings (SSSR count). The number of carbonyl (C=O) groups is 3. The normalized spacial score (nSPS) is 11.0. The van der Waals surface area contributed by atoms with Gasteiger partial charge < -0.3 is 15.8 Å². The fourth-order valence-corrected chi connectivity index (χ4v) is 2.05. The first kappa shape index (κ1) is 20.0. The third-order valence-electron chi connectivity index (χ3n) is 2.90. The Labute approximate surface area is 149 Å². The number of nitrogens with one attached hydrogen (secondary N) is 1. The zero-order valence-corrected chi connectivity index (χ0v) is 14.6. The molecule has 3 N–H and O–H groups in total. The molecule has 0 aliphatic heterocycles. The minimum atomic E-state index is -0.662. The molecule has 0 saturated carbocycles. The summed E-state index contributed by atoms with van der Waals surface area (Å²) in [5.41, 5.74) is 5.30. The van der Waals surface area contributed by atoms with Crippen molar-refractivity contribution in [3.8, 4) is 0 Å². The van der Waals surface area contributed by atoms with Crippen molar-refractivity contribution in [1.29, 1.82) is 0 Å². The largest absolute Gasteiger partial charge is 0.461 e. The number of ether oxygens (including phenoxy) is 1. The fourth-order valence-electron chi connectivity index (χ4n) is 1.75. The molecule has 0 spiro atoms. The lowest BCUT2D eigenvalue weighted by Crippen LogP contribution is -2.28. The molecule has 1 aromatic carbocycles. The SMILES string of the molecule is CCOC(=O)C(=CCCCC(N)=O)NC(=O)c1ccc(Cl)c(Cl)c1. The van der Waals surface area contributed by atoms with Gasteiger partial charge >= 0.3 is 5.97 Å². The van der Waals surface area contributed by atoms with E-state index in [-0.39, 0.29) is 29.3 Å². The van der Waals surface area contributed by atoms with Gasteiger partial charge in [0.1, 0.15) is 5.70 Å². The van der Waals surface area contributed by atoms with Crippen LogP contribution in [-0.2, 0) is 14.3 Å². The molecule has 0 radical (unpaired) electrons. The quantitative estimate of drug-likeness (QED) is 0.416. The number of nitrogens with two attached hydrogens (primary N) is 1. The molecule has 0 saturated heterocycles. The Kier molecular flexibility index (Phi) is 8.29. The maximum Gasteiger partial charge on any atom is 0.354 e. The zero-order chi connectivity index (χ0) is 18.1. The number of carbonyl (C=O) groups excluding carboxylic acids is 3. The summed E-state index contributed by atoms with van der Waals surface area (Å²) in [5.74, 6) is -1.62. The highest BCUT2D eigenvalue weighted by Gasteiger charge is 2.16. The summed E-state index contributed by atoms with van der Waals surface area (Å²) in [6.45, 7) is 1.82. The molecule has 0 heterocycles. The van der Waals surface area contributed by atoms with Gasteiger partial charge in [-0.15, -0.1) is 0 Å². The highest BCUT2D eigenvalue weighted by Crippen LogP contribution is 2.22. The Morgan fingerprint density at radius 3 is 2.54 bits per heavy atom. The molecule has 8 heteroatoms. The number of esters is 1. The van der Waals surface area contributed by atoms with Crippen molar-refractivity contribution in [3.63, 3.8) is 0 Å². The van der Waals surface area contributed by atoms with Gasteiger partial charge in [0.05, 0.1) is 16.7 Å². The summed E-state index contributed by atoms with van der Waals surface area (Å²) in [6.07, 6.45) is 2.53. The lowest BCUT2D eigenvalue weighted by atomic mass is 10.2. The number of hydrogen-bond donors (Lipinski definition) is 2. The molecule has 0 aliphatic carbocycles. The second-order valence-corrected chi connectivity index (χ2v) is 5.59. The number of allylic oxidation sites excluding steroid dienone is 1. The van der Waals surface area contributed by atoms with Crippen LogP contribution in [0.15, 0.2) is 30.0 Å². The lowest BCUT2D eigenvalue weighted by Gasteiger charge is -2.10. The summed E-state index contributed by atoms with van der Waals surface area (Å²) >= 11 is 11.7. The van der Waals surface area contributed by atoms with Crippen molar-refractivity contribution < 1.29 is 19.1 Å². The topological polar surface area (TPSA) is 98.5 Å².